The van der Waals surface area contributed by atoms with Gasteiger partial charge in [0.15, 0.2) is 11.5 Å². The van der Waals surface area contributed by atoms with Gasteiger partial charge in [-0.15, -0.1) is 11.6 Å². The first-order valence-electron chi connectivity index (χ1n) is 6.78. The number of halogens is 1. The number of amides is 1. The van der Waals surface area contributed by atoms with Crippen LogP contribution in [0.2, 0.25) is 0 Å². The van der Waals surface area contributed by atoms with Gasteiger partial charge in [0.2, 0.25) is 0 Å². The van der Waals surface area contributed by atoms with Gasteiger partial charge in [0, 0.05) is 24.1 Å². The molecule has 0 saturated carbocycles. The molecule has 0 aliphatic heterocycles. The number of benzene rings is 1. The molecule has 6 heteroatoms. The van der Waals surface area contributed by atoms with E-state index in [1.807, 2.05) is 6.92 Å². The molecule has 0 radical (unpaired) electrons. The second kappa shape index (κ2) is 8.62. The number of carbonyl (C=O) groups is 1. The molecule has 0 aromatic heterocycles. The van der Waals surface area contributed by atoms with Gasteiger partial charge in [-0.3, -0.25) is 4.79 Å². The highest BCUT2D eigenvalue weighted by Gasteiger charge is 2.19. The van der Waals surface area contributed by atoms with Gasteiger partial charge >= 0.3 is 0 Å². The van der Waals surface area contributed by atoms with Gasteiger partial charge in [-0.05, 0) is 12.8 Å². The Bertz CT molecular complexity index is 479. The number of methoxy groups -OCH3 is 3. The van der Waals surface area contributed by atoms with E-state index in [1.165, 1.54) is 21.3 Å². The Kier molecular flexibility index (Phi) is 7.15. The molecule has 0 heterocycles. The van der Waals surface area contributed by atoms with Gasteiger partial charge < -0.3 is 19.5 Å². The molecule has 0 spiro atoms. The molecule has 1 unspecified atom stereocenters. The smallest absolute Gasteiger partial charge is 0.255 e. The van der Waals surface area contributed by atoms with Crippen LogP contribution in [0.4, 0.5) is 0 Å². The Balaban J connectivity index is 3.07. The van der Waals surface area contributed by atoms with Gasteiger partial charge in [-0.2, -0.15) is 0 Å². The molecule has 21 heavy (non-hydrogen) atoms. The first kappa shape index (κ1) is 17.4. The van der Waals surface area contributed by atoms with Crippen LogP contribution in [0.5, 0.6) is 17.2 Å². The van der Waals surface area contributed by atoms with Crippen LogP contribution in [-0.4, -0.2) is 39.2 Å². The molecule has 5 nitrogen and oxygen atoms in total. The largest absolute Gasteiger partial charge is 0.496 e. The highest BCUT2D eigenvalue weighted by Crippen LogP contribution is 2.34. The summed E-state index contributed by atoms with van der Waals surface area (Å²) in [5.41, 5.74) is 0.406. The number of rotatable bonds is 8. The van der Waals surface area contributed by atoms with Gasteiger partial charge in [0.25, 0.3) is 5.91 Å². The third-order valence-electron chi connectivity index (χ3n) is 3.24. The lowest BCUT2D eigenvalue weighted by atomic mass is 10.1. The zero-order valence-electron chi connectivity index (χ0n) is 12.9. The van der Waals surface area contributed by atoms with E-state index >= 15 is 0 Å². The van der Waals surface area contributed by atoms with E-state index in [-0.39, 0.29) is 11.9 Å². The predicted octanol–water partition coefficient (Wildman–Crippen LogP) is 2.85. The van der Waals surface area contributed by atoms with Crippen LogP contribution in [0.3, 0.4) is 0 Å². The lowest BCUT2D eigenvalue weighted by Crippen LogP contribution is -2.34. The van der Waals surface area contributed by atoms with Gasteiger partial charge in [0.1, 0.15) is 5.75 Å². The molecule has 1 atom stereocenters. The SMILES string of the molecule is CCC(CCCl)NC(=O)c1cc(OC)c(OC)cc1OC. The summed E-state index contributed by atoms with van der Waals surface area (Å²) >= 11 is 5.74. The molecule has 0 aliphatic rings. The van der Waals surface area contributed by atoms with Crippen molar-refractivity contribution in [2.75, 3.05) is 27.2 Å². The van der Waals surface area contributed by atoms with E-state index < -0.39 is 0 Å². The quantitative estimate of drug-likeness (QED) is 0.749. The molecule has 0 fully saturated rings. The maximum Gasteiger partial charge on any atom is 0.255 e. The van der Waals surface area contributed by atoms with Gasteiger partial charge in [-0.1, -0.05) is 6.92 Å². The van der Waals surface area contributed by atoms with Crippen LogP contribution in [0.15, 0.2) is 12.1 Å². The Labute approximate surface area is 130 Å². The molecule has 0 aliphatic carbocycles. The van der Waals surface area contributed by atoms with Crippen molar-refractivity contribution < 1.29 is 19.0 Å². The summed E-state index contributed by atoms with van der Waals surface area (Å²) in [4.78, 5) is 12.4. The van der Waals surface area contributed by atoms with Crippen LogP contribution in [0.25, 0.3) is 0 Å². The number of carbonyl (C=O) groups excluding carboxylic acids is 1. The maximum atomic E-state index is 12.4. The van der Waals surface area contributed by atoms with Crippen LogP contribution in [-0.2, 0) is 0 Å². The topological polar surface area (TPSA) is 56.8 Å². The minimum absolute atomic E-state index is 0.0350. The molecular formula is C15H22ClNO4. The summed E-state index contributed by atoms with van der Waals surface area (Å²) in [7, 11) is 4.56. The summed E-state index contributed by atoms with van der Waals surface area (Å²) in [6, 6.07) is 3.28. The third-order valence-corrected chi connectivity index (χ3v) is 3.45. The van der Waals surface area contributed by atoms with Crippen molar-refractivity contribution in [3.63, 3.8) is 0 Å². The average Bonchev–Trinajstić information content (AvgIpc) is 2.52. The predicted molar refractivity (Wildman–Crippen MR) is 83.0 cm³/mol. The van der Waals surface area contributed by atoms with Crippen molar-refractivity contribution >= 4 is 17.5 Å². The normalized spacial score (nSPS) is 11.7. The Hall–Kier alpha value is -1.62. The third kappa shape index (κ3) is 4.43. The van der Waals surface area contributed by atoms with Crippen molar-refractivity contribution in [2.45, 2.75) is 25.8 Å². The van der Waals surface area contributed by atoms with Gasteiger partial charge in [0.05, 0.1) is 26.9 Å². The molecule has 118 valence electrons. The molecule has 0 bridgehead atoms. The van der Waals surface area contributed by atoms with Crippen LogP contribution in [0.1, 0.15) is 30.1 Å². The summed E-state index contributed by atoms with van der Waals surface area (Å²) in [6.07, 6.45) is 1.54. The number of ether oxygens (including phenoxy) is 3. The van der Waals surface area contributed by atoms with Crippen molar-refractivity contribution in [3.8, 4) is 17.2 Å². The standard InChI is InChI=1S/C15H22ClNO4/c1-5-10(6-7-16)17-15(18)11-8-13(20-3)14(21-4)9-12(11)19-2/h8-10H,5-7H2,1-4H3,(H,17,18). The maximum absolute atomic E-state index is 12.4. The first-order valence-corrected chi connectivity index (χ1v) is 7.31. The van der Waals surface area contributed by atoms with Crippen molar-refractivity contribution in [1.29, 1.82) is 0 Å². The Morgan fingerprint density at radius 3 is 2.19 bits per heavy atom. The fraction of sp³-hybridized carbons (Fsp3) is 0.533. The molecule has 1 amide bonds. The van der Waals surface area contributed by atoms with E-state index in [9.17, 15) is 4.79 Å². The minimum Gasteiger partial charge on any atom is -0.496 e. The average molecular weight is 316 g/mol. The van der Waals surface area contributed by atoms with Crippen LogP contribution < -0.4 is 19.5 Å². The summed E-state index contributed by atoms with van der Waals surface area (Å²) < 4.78 is 15.7. The van der Waals surface area contributed by atoms with Gasteiger partial charge in [-0.25, -0.2) is 0 Å². The molecule has 1 rings (SSSR count). The highest BCUT2D eigenvalue weighted by atomic mass is 35.5. The number of alkyl halides is 1. The molecule has 1 aromatic carbocycles. The summed E-state index contributed by atoms with van der Waals surface area (Å²) in [6.45, 7) is 2.00. The lowest BCUT2D eigenvalue weighted by molar-refractivity contribution is 0.0931. The zero-order chi connectivity index (χ0) is 15.8. The minimum atomic E-state index is -0.218. The van der Waals surface area contributed by atoms with E-state index in [1.54, 1.807) is 12.1 Å². The van der Waals surface area contributed by atoms with Crippen LogP contribution >= 0.6 is 11.6 Å². The van der Waals surface area contributed by atoms with E-state index in [2.05, 4.69) is 5.32 Å². The van der Waals surface area contributed by atoms with Crippen molar-refractivity contribution in [1.82, 2.24) is 5.32 Å². The number of nitrogens with one attached hydrogen (secondary N) is 1. The number of hydrogen-bond donors (Lipinski definition) is 1. The second-order valence-corrected chi connectivity index (χ2v) is 4.84. The highest BCUT2D eigenvalue weighted by molar-refractivity contribution is 6.17. The monoisotopic (exact) mass is 315 g/mol. The van der Waals surface area contributed by atoms with E-state index in [0.29, 0.717) is 28.7 Å². The first-order chi connectivity index (χ1) is 10.1. The lowest BCUT2D eigenvalue weighted by Gasteiger charge is -2.18. The fourth-order valence-electron chi connectivity index (χ4n) is 1.98. The zero-order valence-corrected chi connectivity index (χ0v) is 13.6. The van der Waals surface area contributed by atoms with Crippen LogP contribution in [0, 0.1) is 0 Å². The van der Waals surface area contributed by atoms with E-state index in [0.717, 1.165) is 12.8 Å². The van der Waals surface area contributed by atoms with E-state index in [4.69, 9.17) is 25.8 Å². The van der Waals surface area contributed by atoms with Crippen molar-refractivity contribution in [2.24, 2.45) is 0 Å². The second-order valence-electron chi connectivity index (χ2n) is 4.46. The van der Waals surface area contributed by atoms with Crippen molar-refractivity contribution in [3.05, 3.63) is 17.7 Å². The summed E-state index contributed by atoms with van der Waals surface area (Å²) in [5.74, 6) is 1.71. The Morgan fingerprint density at radius 2 is 1.71 bits per heavy atom. The molecular weight excluding hydrogens is 294 g/mol. The summed E-state index contributed by atoms with van der Waals surface area (Å²) in [5, 5.41) is 2.95. The Morgan fingerprint density at radius 1 is 1.14 bits per heavy atom. The molecule has 1 aromatic rings. The number of hydrogen-bond acceptors (Lipinski definition) is 4. The molecule has 1 N–H and O–H groups in total. The molecule has 0 saturated heterocycles. The fourth-order valence-corrected chi connectivity index (χ4v) is 2.24.